The van der Waals surface area contributed by atoms with Gasteiger partial charge in [0.2, 0.25) is 0 Å². The fraction of sp³-hybridized carbons (Fsp3) is 0.231. The molecule has 0 bridgehead atoms. The second-order valence-electron chi connectivity index (χ2n) is 4.49. The van der Waals surface area contributed by atoms with Crippen molar-refractivity contribution in [3.05, 3.63) is 51.2 Å². The molecule has 0 radical (unpaired) electrons. The molecule has 0 fully saturated rings. The number of carbonyl (C=O) groups is 1. The number of benzene rings is 1. The summed E-state index contributed by atoms with van der Waals surface area (Å²) in [7, 11) is 0. The summed E-state index contributed by atoms with van der Waals surface area (Å²) in [5.41, 5.74) is 7.26. The topological polar surface area (TPSA) is 111 Å². The summed E-state index contributed by atoms with van der Waals surface area (Å²) in [5.74, 6) is 0.0340. The molecule has 1 aromatic rings. The molecule has 0 saturated carbocycles. The van der Waals surface area contributed by atoms with Crippen LogP contribution in [0.1, 0.15) is 25.5 Å². The molecule has 1 aromatic carbocycles. The van der Waals surface area contributed by atoms with Gasteiger partial charge in [0.05, 0.1) is 4.92 Å². The van der Waals surface area contributed by atoms with E-state index in [1.807, 2.05) is 0 Å². The van der Waals surface area contributed by atoms with Crippen molar-refractivity contribution in [2.24, 2.45) is 10.7 Å². The average molecular weight is 274 g/mol. The molecular weight excluding hydrogens is 260 g/mol. The molecule has 0 amide bonds. The minimum atomic E-state index is -0.617. The summed E-state index contributed by atoms with van der Waals surface area (Å²) >= 11 is 0. The van der Waals surface area contributed by atoms with Crippen LogP contribution in [0.3, 0.4) is 0 Å². The van der Waals surface area contributed by atoms with E-state index in [0.717, 1.165) is 0 Å². The minimum absolute atomic E-state index is 0.0460. The van der Waals surface area contributed by atoms with Gasteiger partial charge >= 0.3 is 0 Å². The maximum atomic E-state index is 11.8. The van der Waals surface area contributed by atoms with Crippen LogP contribution in [0.4, 0.5) is 5.69 Å². The van der Waals surface area contributed by atoms with Gasteiger partial charge in [0, 0.05) is 23.4 Å². The third-order valence-electron chi connectivity index (χ3n) is 3.04. The first-order valence-electron chi connectivity index (χ1n) is 5.96. The molecule has 0 aliphatic carbocycles. The van der Waals surface area contributed by atoms with Crippen LogP contribution in [0.15, 0.2) is 40.5 Å². The summed E-state index contributed by atoms with van der Waals surface area (Å²) < 4.78 is 0. The smallest absolute Gasteiger partial charge is 0.269 e. The largest absolute Gasteiger partial charge is 0.370 e. The van der Waals surface area contributed by atoms with Gasteiger partial charge in [0.25, 0.3) is 5.69 Å². The van der Waals surface area contributed by atoms with Crippen molar-refractivity contribution in [3.8, 4) is 0 Å². The zero-order chi connectivity index (χ0) is 14.9. The summed E-state index contributed by atoms with van der Waals surface area (Å²) in [5, 5.41) is 13.6. The molecule has 2 rings (SSSR count). The Labute approximate surface area is 115 Å². The summed E-state index contributed by atoms with van der Waals surface area (Å²) in [6, 6.07) is 5.43. The van der Waals surface area contributed by atoms with Gasteiger partial charge in [-0.15, -0.1) is 0 Å². The molecule has 1 aliphatic rings. The van der Waals surface area contributed by atoms with Crippen molar-refractivity contribution in [1.29, 1.82) is 0 Å². The molecule has 20 heavy (non-hydrogen) atoms. The number of Topliss-reactive ketones (excluding diaryl/α,β-unsaturated/α-hetero) is 1. The Morgan fingerprint density at radius 2 is 2.20 bits per heavy atom. The molecule has 0 aromatic heterocycles. The van der Waals surface area contributed by atoms with Gasteiger partial charge in [-0.3, -0.25) is 14.9 Å². The number of ketones is 1. The highest BCUT2D eigenvalue weighted by molar-refractivity contribution is 5.98. The van der Waals surface area contributed by atoms with E-state index in [1.165, 1.54) is 19.1 Å². The zero-order valence-electron chi connectivity index (χ0n) is 11.1. The maximum absolute atomic E-state index is 11.8. The SMILES string of the molecule is CC(=O)C1=C(C)NC(N)=N[C@@H]1c1cccc([N+](=O)[O-])c1. The Bertz CT molecular complexity index is 649. The third kappa shape index (κ3) is 2.51. The number of hydrogen-bond acceptors (Lipinski definition) is 6. The van der Waals surface area contributed by atoms with E-state index in [2.05, 4.69) is 10.3 Å². The number of allylic oxidation sites excluding steroid dienone is 1. The van der Waals surface area contributed by atoms with Crippen LogP contribution in [-0.4, -0.2) is 16.7 Å². The van der Waals surface area contributed by atoms with Crippen molar-refractivity contribution >= 4 is 17.4 Å². The van der Waals surface area contributed by atoms with Gasteiger partial charge < -0.3 is 11.1 Å². The number of nitrogens with one attached hydrogen (secondary N) is 1. The van der Waals surface area contributed by atoms with Crippen molar-refractivity contribution in [3.63, 3.8) is 0 Å². The van der Waals surface area contributed by atoms with E-state index in [0.29, 0.717) is 16.8 Å². The molecule has 1 heterocycles. The third-order valence-corrected chi connectivity index (χ3v) is 3.04. The molecule has 1 aliphatic heterocycles. The molecule has 0 saturated heterocycles. The predicted octanol–water partition coefficient (Wildman–Crippen LogP) is 1.42. The van der Waals surface area contributed by atoms with E-state index < -0.39 is 11.0 Å². The van der Waals surface area contributed by atoms with E-state index in [1.54, 1.807) is 19.1 Å². The van der Waals surface area contributed by atoms with Gasteiger partial charge in [0.1, 0.15) is 6.04 Å². The molecule has 3 N–H and O–H groups in total. The lowest BCUT2D eigenvalue weighted by Gasteiger charge is -2.24. The number of nitro groups is 1. The van der Waals surface area contributed by atoms with Gasteiger partial charge in [0.15, 0.2) is 11.7 Å². The van der Waals surface area contributed by atoms with Crippen LogP contribution in [0.2, 0.25) is 0 Å². The molecule has 104 valence electrons. The zero-order valence-corrected chi connectivity index (χ0v) is 11.1. The molecule has 0 spiro atoms. The normalized spacial score (nSPS) is 18.3. The molecular formula is C13H14N4O3. The number of nitrogens with zero attached hydrogens (tertiary/aromatic N) is 2. The highest BCUT2D eigenvalue weighted by Crippen LogP contribution is 2.32. The second kappa shape index (κ2) is 5.12. The van der Waals surface area contributed by atoms with Gasteiger partial charge in [-0.05, 0) is 19.4 Å². The molecule has 7 nitrogen and oxygen atoms in total. The summed E-state index contributed by atoms with van der Waals surface area (Å²) in [4.78, 5) is 26.3. The number of nitro benzene ring substituents is 1. The van der Waals surface area contributed by atoms with E-state index in [-0.39, 0.29) is 17.4 Å². The Hall–Kier alpha value is -2.70. The van der Waals surface area contributed by atoms with Gasteiger partial charge in [-0.1, -0.05) is 12.1 Å². The van der Waals surface area contributed by atoms with Crippen molar-refractivity contribution < 1.29 is 9.72 Å². The van der Waals surface area contributed by atoms with Crippen LogP contribution in [-0.2, 0) is 4.79 Å². The Morgan fingerprint density at radius 1 is 1.50 bits per heavy atom. The van der Waals surface area contributed by atoms with Crippen LogP contribution in [0, 0.1) is 10.1 Å². The quantitative estimate of drug-likeness (QED) is 0.639. The standard InChI is InChI=1S/C13H14N4O3/c1-7-11(8(2)18)12(16-13(14)15-7)9-4-3-5-10(6-9)17(19)20/h3-6,12H,1-2H3,(H3,14,15,16)/t12-/m1/s1. The predicted molar refractivity (Wildman–Crippen MR) is 74.0 cm³/mol. The Kier molecular flexibility index (Phi) is 3.51. The number of guanidine groups is 1. The van der Waals surface area contributed by atoms with Crippen LogP contribution in [0.25, 0.3) is 0 Å². The number of hydrogen-bond donors (Lipinski definition) is 2. The van der Waals surface area contributed by atoms with Gasteiger partial charge in [-0.2, -0.15) is 0 Å². The lowest BCUT2D eigenvalue weighted by molar-refractivity contribution is -0.384. The monoisotopic (exact) mass is 274 g/mol. The van der Waals surface area contributed by atoms with Crippen LogP contribution < -0.4 is 11.1 Å². The molecule has 1 atom stereocenters. The fourth-order valence-electron chi connectivity index (χ4n) is 2.21. The number of nitrogens with two attached hydrogens (primary N) is 1. The van der Waals surface area contributed by atoms with Crippen LogP contribution >= 0.6 is 0 Å². The van der Waals surface area contributed by atoms with E-state index in [9.17, 15) is 14.9 Å². The second-order valence-corrected chi connectivity index (χ2v) is 4.49. The Morgan fingerprint density at radius 3 is 2.80 bits per heavy atom. The first kappa shape index (κ1) is 13.7. The first-order valence-corrected chi connectivity index (χ1v) is 5.96. The first-order chi connectivity index (χ1) is 9.40. The maximum Gasteiger partial charge on any atom is 0.269 e. The highest BCUT2D eigenvalue weighted by atomic mass is 16.6. The fourth-order valence-corrected chi connectivity index (χ4v) is 2.21. The minimum Gasteiger partial charge on any atom is -0.370 e. The van der Waals surface area contributed by atoms with Crippen LogP contribution in [0.5, 0.6) is 0 Å². The summed E-state index contributed by atoms with van der Waals surface area (Å²) in [6.45, 7) is 3.16. The lowest BCUT2D eigenvalue weighted by atomic mass is 9.93. The molecule has 0 unspecified atom stereocenters. The van der Waals surface area contributed by atoms with Gasteiger partial charge in [-0.25, -0.2) is 4.99 Å². The molecule has 7 heteroatoms. The number of carbonyl (C=O) groups excluding carboxylic acids is 1. The average Bonchev–Trinajstić information content (AvgIpc) is 2.37. The number of aliphatic imine (C=N–C) groups is 1. The van der Waals surface area contributed by atoms with Crippen molar-refractivity contribution in [2.75, 3.05) is 0 Å². The number of rotatable bonds is 3. The highest BCUT2D eigenvalue weighted by Gasteiger charge is 2.27. The van der Waals surface area contributed by atoms with E-state index >= 15 is 0 Å². The number of non-ortho nitro benzene ring substituents is 1. The van der Waals surface area contributed by atoms with Crippen molar-refractivity contribution in [1.82, 2.24) is 5.32 Å². The van der Waals surface area contributed by atoms with E-state index in [4.69, 9.17) is 5.73 Å². The van der Waals surface area contributed by atoms with Crippen molar-refractivity contribution in [2.45, 2.75) is 19.9 Å². The summed E-state index contributed by atoms with van der Waals surface area (Å²) in [6.07, 6.45) is 0. The lowest BCUT2D eigenvalue weighted by Crippen LogP contribution is -2.36. The Balaban J connectivity index is 2.53.